The summed E-state index contributed by atoms with van der Waals surface area (Å²) in [6.07, 6.45) is 0. The molecule has 2 unspecified atom stereocenters. The van der Waals surface area contributed by atoms with Gasteiger partial charge in [-0.3, -0.25) is 0 Å². The summed E-state index contributed by atoms with van der Waals surface area (Å²) in [6, 6.07) is 0. The highest BCUT2D eigenvalue weighted by Crippen LogP contribution is 2.46. The Bertz CT molecular complexity index is 229. The second-order valence-electron chi connectivity index (χ2n) is 2.75. The minimum absolute atomic E-state index is 0.766. The highest BCUT2D eigenvalue weighted by atomic mass is 32.2. The van der Waals surface area contributed by atoms with Crippen LogP contribution in [0.2, 0.25) is 0 Å². The predicted octanol–water partition coefficient (Wildman–Crippen LogP) is 3.72. The van der Waals surface area contributed by atoms with Gasteiger partial charge in [0.15, 0.2) is 0 Å². The number of hydrogen-bond acceptors (Lipinski definition) is 3. The van der Waals surface area contributed by atoms with Crippen LogP contribution in [-0.4, -0.2) is 10.5 Å². The Morgan fingerprint density at radius 1 is 1.00 bits per heavy atom. The molecule has 1 aromatic heterocycles. The van der Waals surface area contributed by atoms with Crippen LogP contribution in [0, 0.1) is 0 Å². The molecule has 0 spiro atoms. The minimum atomic E-state index is 0.766. The molecule has 0 bridgehead atoms. The van der Waals surface area contributed by atoms with E-state index in [1.54, 1.807) is 0 Å². The molecule has 0 nitrogen and oxygen atoms in total. The zero-order chi connectivity index (χ0) is 7.84. The van der Waals surface area contributed by atoms with Gasteiger partial charge in [-0.2, -0.15) is 11.3 Å². The normalized spacial score (nSPS) is 30.0. The van der Waals surface area contributed by atoms with E-state index in [-0.39, 0.29) is 0 Å². The van der Waals surface area contributed by atoms with Crippen molar-refractivity contribution in [2.75, 3.05) is 0 Å². The van der Waals surface area contributed by atoms with Crippen LogP contribution < -0.4 is 0 Å². The summed E-state index contributed by atoms with van der Waals surface area (Å²) in [5, 5.41) is 6.05. The SMILES string of the molecule is CC1Sc2cscc2SC1C. The predicted molar refractivity (Wildman–Crippen MR) is 55.0 cm³/mol. The van der Waals surface area contributed by atoms with E-state index < -0.39 is 0 Å². The largest absolute Gasteiger partial charge is 0.150 e. The topological polar surface area (TPSA) is 0 Å². The van der Waals surface area contributed by atoms with Crippen LogP contribution in [0.4, 0.5) is 0 Å². The molecule has 0 aromatic carbocycles. The van der Waals surface area contributed by atoms with Gasteiger partial charge in [-0.25, -0.2) is 0 Å². The third-order valence-corrected chi connectivity index (χ3v) is 5.97. The van der Waals surface area contributed by atoms with Crippen molar-refractivity contribution in [1.82, 2.24) is 0 Å². The van der Waals surface area contributed by atoms with E-state index in [4.69, 9.17) is 0 Å². The van der Waals surface area contributed by atoms with E-state index in [0.717, 1.165) is 10.5 Å². The number of thiophene rings is 1. The van der Waals surface area contributed by atoms with Crippen molar-refractivity contribution in [3.05, 3.63) is 10.8 Å². The van der Waals surface area contributed by atoms with Gasteiger partial charge in [0.05, 0.1) is 0 Å². The standard InChI is InChI=1S/C8H10S3/c1-5-6(2)11-8-4-9-3-7(8)10-5/h3-6H,1-2H3. The fourth-order valence-electron chi connectivity index (χ4n) is 1.04. The third kappa shape index (κ3) is 1.46. The van der Waals surface area contributed by atoms with Gasteiger partial charge in [0, 0.05) is 31.1 Å². The Kier molecular flexibility index (Phi) is 2.21. The van der Waals surface area contributed by atoms with Gasteiger partial charge >= 0.3 is 0 Å². The molecule has 1 aromatic rings. The number of thioether (sulfide) groups is 2. The van der Waals surface area contributed by atoms with Crippen molar-refractivity contribution < 1.29 is 0 Å². The maximum Gasteiger partial charge on any atom is 0.0318 e. The molecule has 0 N–H and O–H groups in total. The summed E-state index contributed by atoms with van der Waals surface area (Å²) in [4.78, 5) is 2.98. The lowest BCUT2D eigenvalue weighted by Crippen LogP contribution is -2.15. The molecule has 0 saturated heterocycles. The van der Waals surface area contributed by atoms with Gasteiger partial charge in [-0.1, -0.05) is 13.8 Å². The molecule has 0 radical (unpaired) electrons. The van der Waals surface area contributed by atoms with E-state index in [1.807, 2.05) is 34.9 Å². The minimum Gasteiger partial charge on any atom is -0.150 e. The third-order valence-electron chi connectivity index (χ3n) is 1.88. The summed E-state index contributed by atoms with van der Waals surface area (Å²) < 4.78 is 0. The molecule has 0 amide bonds. The lowest BCUT2D eigenvalue weighted by molar-refractivity contribution is 0.911. The van der Waals surface area contributed by atoms with Crippen LogP contribution in [0.25, 0.3) is 0 Å². The van der Waals surface area contributed by atoms with Gasteiger partial charge in [0.2, 0.25) is 0 Å². The van der Waals surface area contributed by atoms with Crippen LogP contribution in [0.15, 0.2) is 20.6 Å². The monoisotopic (exact) mass is 202 g/mol. The average Bonchev–Trinajstić information content (AvgIpc) is 2.36. The Morgan fingerprint density at radius 2 is 1.45 bits per heavy atom. The van der Waals surface area contributed by atoms with E-state index in [0.29, 0.717) is 0 Å². The number of hydrogen-bond donors (Lipinski definition) is 0. The summed E-state index contributed by atoms with van der Waals surface area (Å²) in [6.45, 7) is 4.62. The van der Waals surface area contributed by atoms with E-state index in [9.17, 15) is 0 Å². The van der Waals surface area contributed by atoms with Crippen molar-refractivity contribution in [2.45, 2.75) is 34.1 Å². The molecule has 11 heavy (non-hydrogen) atoms. The number of fused-ring (bicyclic) bond motifs is 1. The fraction of sp³-hybridized carbons (Fsp3) is 0.500. The smallest absolute Gasteiger partial charge is 0.0318 e. The summed E-state index contributed by atoms with van der Waals surface area (Å²) in [5.41, 5.74) is 0. The Hall–Kier alpha value is 0.400. The first kappa shape index (κ1) is 8.02. The van der Waals surface area contributed by atoms with Crippen LogP contribution in [0.5, 0.6) is 0 Å². The first-order chi connectivity index (χ1) is 5.27. The summed E-state index contributed by atoms with van der Waals surface area (Å²) in [5.74, 6) is 0. The van der Waals surface area contributed by atoms with E-state index in [2.05, 4.69) is 24.6 Å². The fourth-order valence-corrected chi connectivity index (χ4v) is 4.69. The van der Waals surface area contributed by atoms with Gasteiger partial charge in [-0.15, -0.1) is 23.5 Å². The molecule has 2 atom stereocenters. The highest BCUT2D eigenvalue weighted by molar-refractivity contribution is 8.06. The Labute approximate surface area is 79.8 Å². The first-order valence-electron chi connectivity index (χ1n) is 3.67. The second-order valence-corrected chi connectivity index (χ2v) is 6.33. The summed E-state index contributed by atoms with van der Waals surface area (Å²) in [7, 11) is 0. The second kappa shape index (κ2) is 3.04. The van der Waals surface area contributed by atoms with E-state index >= 15 is 0 Å². The zero-order valence-electron chi connectivity index (χ0n) is 6.53. The van der Waals surface area contributed by atoms with Crippen molar-refractivity contribution >= 4 is 34.9 Å². The first-order valence-corrected chi connectivity index (χ1v) is 6.37. The Morgan fingerprint density at radius 3 is 1.91 bits per heavy atom. The van der Waals surface area contributed by atoms with Gasteiger partial charge in [-0.05, 0) is 0 Å². The molecule has 0 saturated carbocycles. The molecule has 60 valence electrons. The molecule has 3 heteroatoms. The summed E-state index contributed by atoms with van der Waals surface area (Å²) >= 11 is 5.85. The van der Waals surface area contributed by atoms with Crippen molar-refractivity contribution in [2.24, 2.45) is 0 Å². The van der Waals surface area contributed by atoms with Crippen LogP contribution in [-0.2, 0) is 0 Å². The number of rotatable bonds is 0. The molecular formula is C8H10S3. The molecule has 0 fully saturated rings. The zero-order valence-corrected chi connectivity index (χ0v) is 8.98. The lowest BCUT2D eigenvalue weighted by atomic mass is 10.4. The van der Waals surface area contributed by atoms with Crippen molar-refractivity contribution in [1.29, 1.82) is 0 Å². The molecule has 2 heterocycles. The average molecular weight is 202 g/mol. The highest BCUT2D eigenvalue weighted by Gasteiger charge is 2.23. The molecule has 2 rings (SSSR count). The van der Waals surface area contributed by atoms with Crippen LogP contribution in [0.3, 0.4) is 0 Å². The van der Waals surface area contributed by atoms with Crippen molar-refractivity contribution in [3.63, 3.8) is 0 Å². The van der Waals surface area contributed by atoms with Crippen LogP contribution >= 0.6 is 34.9 Å². The Balaban J connectivity index is 2.30. The molecular weight excluding hydrogens is 192 g/mol. The van der Waals surface area contributed by atoms with E-state index in [1.165, 1.54) is 9.79 Å². The van der Waals surface area contributed by atoms with Gasteiger partial charge in [0.25, 0.3) is 0 Å². The molecule has 1 aliphatic heterocycles. The maximum atomic E-state index is 2.31. The molecule has 0 aliphatic carbocycles. The van der Waals surface area contributed by atoms with Crippen molar-refractivity contribution in [3.8, 4) is 0 Å². The van der Waals surface area contributed by atoms with Crippen LogP contribution in [0.1, 0.15) is 13.8 Å². The maximum absolute atomic E-state index is 2.31. The molecule has 1 aliphatic rings. The lowest BCUT2D eigenvalue weighted by Gasteiger charge is -2.24. The quantitative estimate of drug-likeness (QED) is 0.629. The van der Waals surface area contributed by atoms with Gasteiger partial charge in [0.1, 0.15) is 0 Å². The van der Waals surface area contributed by atoms with Gasteiger partial charge < -0.3 is 0 Å².